The molecule has 0 spiro atoms. The van der Waals surface area contributed by atoms with E-state index in [1.807, 2.05) is 6.07 Å². The van der Waals surface area contributed by atoms with Gasteiger partial charge in [-0.15, -0.1) is 0 Å². The Labute approximate surface area is 114 Å². The fourth-order valence-electron chi connectivity index (χ4n) is 3.39. The van der Waals surface area contributed by atoms with Gasteiger partial charge in [0.25, 0.3) is 0 Å². The lowest BCUT2D eigenvalue weighted by Gasteiger charge is -2.27. The topological polar surface area (TPSA) is 43.8 Å². The molecule has 19 heavy (non-hydrogen) atoms. The Morgan fingerprint density at radius 3 is 2.74 bits per heavy atom. The van der Waals surface area contributed by atoms with E-state index in [1.54, 1.807) is 0 Å². The maximum Gasteiger partial charge on any atom is 0.127 e. The molecule has 0 aliphatic heterocycles. The second-order valence-electron chi connectivity index (χ2n) is 5.63. The van der Waals surface area contributed by atoms with E-state index in [2.05, 4.69) is 29.7 Å². The molecule has 1 aliphatic rings. The van der Waals surface area contributed by atoms with E-state index < -0.39 is 0 Å². The first-order chi connectivity index (χ1) is 9.31. The van der Waals surface area contributed by atoms with Crippen LogP contribution in [-0.2, 0) is 6.54 Å². The van der Waals surface area contributed by atoms with Crippen LogP contribution in [0.25, 0.3) is 11.0 Å². The average Bonchev–Trinajstić information content (AvgIpc) is 2.85. The first-order valence-corrected chi connectivity index (χ1v) is 7.52. The molecule has 0 bridgehead atoms. The summed E-state index contributed by atoms with van der Waals surface area (Å²) in [4.78, 5) is 4.80. The minimum Gasteiger partial charge on any atom is -0.327 e. The minimum absolute atomic E-state index is 0.0904. The third kappa shape index (κ3) is 2.27. The molecule has 1 aromatic heterocycles. The van der Waals surface area contributed by atoms with Crippen LogP contribution in [0.4, 0.5) is 0 Å². The number of imidazole rings is 1. The fourth-order valence-corrected chi connectivity index (χ4v) is 3.39. The van der Waals surface area contributed by atoms with Crippen LogP contribution in [-0.4, -0.2) is 9.55 Å². The Bertz CT molecular complexity index is 552. The number of rotatable bonds is 3. The van der Waals surface area contributed by atoms with Crippen molar-refractivity contribution in [2.45, 2.75) is 51.6 Å². The quantitative estimate of drug-likeness (QED) is 0.912. The first kappa shape index (κ1) is 12.7. The minimum atomic E-state index is 0.0904. The van der Waals surface area contributed by atoms with Crippen LogP contribution in [0.2, 0.25) is 0 Å². The molecule has 3 heteroatoms. The molecule has 1 aliphatic carbocycles. The summed E-state index contributed by atoms with van der Waals surface area (Å²) in [6.45, 7) is 3.11. The van der Waals surface area contributed by atoms with Crippen molar-refractivity contribution >= 4 is 11.0 Å². The molecule has 3 nitrogen and oxygen atoms in total. The van der Waals surface area contributed by atoms with Crippen LogP contribution in [0.1, 0.15) is 50.9 Å². The SMILES string of the molecule is CCn1c(C(N)C2CCCCC2)nc2ccccc21. The fraction of sp³-hybridized carbons (Fsp3) is 0.562. The lowest BCUT2D eigenvalue weighted by atomic mass is 9.84. The zero-order valence-corrected chi connectivity index (χ0v) is 11.7. The van der Waals surface area contributed by atoms with Gasteiger partial charge < -0.3 is 10.3 Å². The molecular weight excluding hydrogens is 234 g/mol. The Kier molecular flexibility index (Phi) is 3.56. The molecule has 2 aromatic rings. The number of aromatic nitrogens is 2. The highest BCUT2D eigenvalue weighted by atomic mass is 15.1. The van der Waals surface area contributed by atoms with E-state index in [4.69, 9.17) is 10.7 Å². The van der Waals surface area contributed by atoms with Crippen molar-refractivity contribution in [2.24, 2.45) is 11.7 Å². The summed E-state index contributed by atoms with van der Waals surface area (Å²) in [6.07, 6.45) is 6.53. The van der Waals surface area contributed by atoms with Crippen molar-refractivity contribution in [2.75, 3.05) is 0 Å². The molecule has 2 N–H and O–H groups in total. The van der Waals surface area contributed by atoms with Crippen molar-refractivity contribution in [3.8, 4) is 0 Å². The molecule has 1 heterocycles. The van der Waals surface area contributed by atoms with Crippen LogP contribution < -0.4 is 5.73 Å². The molecular formula is C16H23N3. The maximum atomic E-state index is 6.53. The van der Waals surface area contributed by atoms with Gasteiger partial charge in [-0.3, -0.25) is 0 Å². The van der Waals surface area contributed by atoms with Gasteiger partial charge in [-0.1, -0.05) is 31.4 Å². The number of nitrogens with two attached hydrogens (primary N) is 1. The standard InChI is InChI=1S/C16H23N3/c1-2-19-14-11-7-6-10-13(14)18-16(19)15(17)12-8-4-3-5-9-12/h6-7,10-12,15H,2-5,8-9,17H2,1H3. The van der Waals surface area contributed by atoms with Gasteiger partial charge in [0.15, 0.2) is 0 Å². The third-order valence-corrected chi connectivity index (χ3v) is 4.46. The lowest BCUT2D eigenvalue weighted by molar-refractivity contribution is 0.297. The molecule has 102 valence electrons. The van der Waals surface area contributed by atoms with E-state index in [0.717, 1.165) is 17.9 Å². The highest BCUT2D eigenvalue weighted by Crippen LogP contribution is 2.33. The van der Waals surface area contributed by atoms with Crippen molar-refractivity contribution in [3.05, 3.63) is 30.1 Å². The summed E-state index contributed by atoms with van der Waals surface area (Å²) in [6, 6.07) is 8.44. The number of benzene rings is 1. The highest BCUT2D eigenvalue weighted by Gasteiger charge is 2.26. The van der Waals surface area contributed by atoms with Gasteiger partial charge in [0, 0.05) is 6.54 Å². The molecule has 3 rings (SSSR count). The van der Waals surface area contributed by atoms with E-state index in [1.165, 1.54) is 37.6 Å². The zero-order valence-electron chi connectivity index (χ0n) is 11.7. The summed E-state index contributed by atoms with van der Waals surface area (Å²) in [5.74, 6) is 1.69. The largest absolute Gasteiger partial charge is 0.327 e. The molecule has 1 saturated carbocycles. The third-order valence-electron chi connectivity index (χ3n) is 4.46. The molecule has 1 atom stereocenters. The number of aryl methyl sites for hydroxylation is 1. The van der Waals surface area contributed by atoms with E-state index in [9.17, 15) is 0 Å². The molecule has 0 amide bonds. The van der Waals surface area contributed by atoms with Gasteiger partial charge >= 0.3 is 0 Å². The summed E-state index contributed by atoms with van der Waals surface area (Å²) >= 11 is 0. The monoisotopic (exact) mass is 257 g/mol. The molecule has 1 unspecified atom stereocenters. The second-order valence-corrected chi connectivity index (χ2v) is 5.63. The van der Waals surface area contributed by atoms with Crippen molar-refractivity contribution in [1.29, 1.82) is 0 Å². The number of hydrogen-bond acceptors (Lipinski definition) is 2. The van der Waals surface area contributed by atoms with Crippen LogP contribution in [0.5, 0.6) is 0 Å². The van der Waals surface area contributed by atoms with E-state index in [0.29, 0.717) is 5.92 Å². The van der Waals surface area contributed by atoms with E-state index in [-0.39, 0.29) is 6.04 Å². The van der Waals surface area contributed by atoms with Crippen molar-refractivity contribution in [3.63, 3.8) is 0 Å². The summed E-state index contributed by atoms with van der Waals surface area (Å²) in [5.41, 5.74) is 8.82. The normalized spacial score (nSPS) is 18.8. The van der Waals surface area contributed by atoms with Gasteiger partial charge in [-0.05, 0) is 37.8 Å². The van der Waals surface area contributed by atoms with Crippen LogP contribution in [0.15, 0.2) is 24.3 Å². The Balaban J connectivity index is 1.98. The number of para-hydroxylation sites is 2. The van der Waals surface area contributed by atoms with Crippen LogP contribution in [0.3, 0.4) is 0 Å². The van der Waals surface area contributed by atoms with E-state index >= 15 is 0 Å². The van der Waals surface area contributed by atoms with Crippen LogP contribution >= 0.6 is 0 Å². The second kappa shape index (κ2) is 5.33. The van der Waals surface area contributed by atoms with Crippen molar-refractivity contribution < 1.29 is 0 Å². The zero-order chi connectivity index (χ0) is 13.2. The molecule has 0 radical (unpaired) electrons. The van der Waals surface area contributed by atoms with Gasteiger partial charge in [-0.2, -0.15) is 0 Å². The predicted octanol–water partition coefficient (Wildman–Crippen LogP) is 3.64. The van der Waals surface area contributed by atoms with Crippen LogP contribution in [0, 0.1) is 5.92 Å². The predicted molar refractivity (Wildman–Crippen MR) is 78.9 cm³/mol. The average molecular weight is 257 g/mol. The summed E-state index contributed by atoms with van der Waals surface area (Å²) < 4.78 is 2.29. The summed E-state index contributed by atoms with van der Waals surface area (Å²) in [7, 11) is 0. The Morgan fingerprint density at radius 1 is 1.26 bits per heavy atom. The molecule has 1 fully saturated rings. The highest BCUT2D eigenvalue weighted by molar-refractivity contribution is 5.76. The summed E-state index contributed by atoms with van der Waals surface area (Å²) in [5, 5.41) is 0. The number of fused-ring (bicyclic) bond motifs is 1. The van der Waals surface area contributed by atoms with Gasteiger partial charge in [0.05, 0.1) is 17.1 Å². The van der Waals surface area contributed by atoms with Crippen molar-refractivity contribution in [1.82, 2.24) is 9.55 Å². The first-order valence-electron chi connectivity index (χ1n) is 7.52. The molecule has 0 saturated heterocycles. The van der Waals surface area contributed by atoms with Gasteiger partial charge in [0.1, 0.15) is 5.82 Å². The smallest absolute Gasteiger partial charge is 0.127 e. The molecule has 1 aromatic carbocycles. The Hall–Kier alpha value is -1.35. The maximum absolute atomic E-state index is 6.53. The lowest BCUT2D eigenvalue weighted by Crippen LogP contribution is -2.26. The number of nitrogens with zero attached hydrogens (tertiary/aromatic N) is 2. The number of hydrogen-bond donors (Lipinski definition) is 1. The Morgan fingerprint density at radius 2 is 2.00 bits per heavy atom. The van der Waals surface area contributed by atoms with Gasteiger partial charge in [-0.25, -0.2) is 4.98 Å². The van der Waals surface area contributed by atoms with Gasteiger partial charge in [0.2, 0.25) is 0 Å².